The summed E-state index contributed by atoms with van der Waals surface area (Å²) in [4.78, 5) is 2.52. The van der Waals surface area contributed by atoms with E-state index in [0.717, 1.165) is 30.4 Å². The van der Waals surface area contributed by atoms with E-state index in [1.807, 2.05) is 13.0 Å². The summed E-state index contributed by atoms with van der Waals surface area (Å²) in [5.41, 5.74) is 6.93. The van der Waals surface area contributed by atoms with Gasteiger partial charge in [0.25, 0.3) is 18.3 Å². The fourth-order valence-electron chi connectivity index (χ4n) is 7.56. The van der Waals surface area contributed by atoms with Crippen LogP contribution in [0.1, 0.15) is 86.1 Å². The number of hydrogen-bond donors (Lipinski definition) is 1. The number of sulfonamides is 1. The normalized spacial score (nSPS) is 19.2. The van der Waals surface area contributed by atoms with Crippen LogP contribution >= 0.6 is 0 Å². The fraction of sp³-hybridized carbons (Fsp3) is 0.429. The number of nitrogens with zero attached hydrogens (tertiary/aromatic N) is 1. The van der Waals surface area contributed by atoms with E-state index < -0.39 is 18.3 Å². The van der Waals surface area contributed by atoms with Gasteiger partial charge in [-0.1, -0.05) is 132 Å². The number of rotatable bonds is 14. The van der Waals surface area contributed by atoms with Crippen LogP contribution in [0.25, 0.3) is 0 Å². The van der Waals surface area contributed by atoms with E-state index in [1.165, 1.54) is 15.9 Å². The van der Waals surface area contributed by atoms with Crippen molar-refractivity contribution in [1.29, 1.82) is 0 Å². The summed E-state index contributed by atoms with van der Waals surface area (Å²) in [5.74, 6) is 1.07. The first kappa shape index (κ1) is 38.3. The lowest BCUT2D eigenvalue weighted by Crippen LogP contribution is -2.68. The maximum atomic E-state index is 12.6. The summed E-state index contributed by atoms with van der Waals surface area (Å²) in [5, 5.41) is 6.36. The Morgan fingerprint density at radius 2 is 1.59 bits per heavy atom. The van der Waals surface area contributed by atoms with E-state index in [-0.39, 0.29) is 21.5 Å². The summed E-state index contributed by atoms with van der Waals surface area (Å²) in [6, 6.07) is 28.4. The minimum atomic E-state index is -3.70. The van der Waals surface area contributed by atoms with Gasteiger partial charge in [-0.05, 0) is 102 Å². The predicted octanol–water partition coefficient (Wildman–Crippen LogP) is 9.10. The van der Waals surface area contributed by atoms with E-state index >= 15 is 0 Å². The molecule has 4 rings (SSSR count). The molecular formula is C42H56N2O3SSi. The second kappa shape index (κ2) is 16.0. The molecule has 7 heteroatoms. The van der Waals surface area contributed by atoms with E-state index in [1.54, 1.807) is 30.5 Å². The lowest BCUT2D eigenvalue weighted by molar-refractivity contribution is 0.116. The minimum absolute atomic E-state index is 0.0611. The van der Waals surface area contributed by atoms with Crippen LogP contribution in [0.15, 0.2) is 124 Å². The Morgan fingerprint density at radius 3 is 2.12 bits per heavy atom. The van der Waals surface area contributed by atoms with Crippen molar-refractivity contribution < 1.29 is 12.8 Å². The van der Waals surface area contributed by atoms with Gasteiger partial charge in [-0.2, -0.15) is 13.5 Å². The van der Waals surface area contributed by atoms with Crippen molar-refractivity contribution in [1.82, 2.24) is 4.83 Å². The van der Waals surface area contributed by atoms with E-state index in [0.29, 0.717) is 24.7 Å². The van der Waals surface area contributed by atoms with Crippen molar-refractivity contribution >= 4 is 34.9 Å². The smallest absolute Gasteiger partial charge is 0.276 e. The third-order valence-corrected chi connectivity index (χ3v) is 16.7. The SMILES string of the molecule is C=C1CC[C@H](C(C)C)[C@@]1(C)C[C@@H](O[Si](c1ccccc1)(c1ccccc1)C(C)(C)C)C(C)=C=CCC/C=N/NS(=O)(=O)c1ccc(C)cc1. The summed E-state index contributed by atoms with van der Waals surface area (Å²) >= 11 is 0. The van der Waals surface area contributed by atoms with Gasteiger partial charge in [-0.15, -0.1) is 5.73 Å². The number of hydrogen-bond acceptors (Lipinski definition) is 4. The first-order chi connectivity index (χ1) is 23.1. The van der Waals surface area contributed by atoms with Crippen LogP contribution in [0.5, 0.6) is 0 Å². The van der Waals surface area contributed by atoms with E-state index in [2.05, 4.69) is 131 Å². The van der Waals surface area contributed by atoms with Crippen molar-refractivity contribution in [3.8, 4) is 0 Å². The van der Waals surface area contributed by atoms with Crippen molar-refractivity contribution in [2.24, 2.45) is 22.4 Å². The summed E-state index contributed by atoms with van der Waals surface area (Å²) < 4.78 is 33.0. The lowest BCUT2D eigenvalue weighted by atomic mass is 9.68. The molecule has 1 fully saturated rings. The maximum absolute atomic E-state index is 12.6. The average molecular weight is 697 g/mol. The summed E-state index contributed by atoms with van der Waals surface area (Å²) in [6.07, 6.45) is 7.74. The van der Waals surface area contributed by atoms with Crippen LogP contribution in [0.2, 0.25) is 5.04 Å². The molecule has 0 spiro atoms. The first-order valence-electron chi connectivity index (χ1n) is 17.6. The largest absolute Gasteiger partial charge is 0.400 e. The molecule has 1 aliphatic rings. The standard InChI is InChI=1S/C42H56N2O3SSi/c1-32(2)39-29-26-35(5)42(39,9)31-40(34(4)19-13-12-18-30-43-44-48(45,46)36-27-24-33(3)25-28-36)47-49(41(6,7)8,37-20-14-10-15-21-37)38-22-16-11-17-23-38/h10-11,13-17,20-25,27-28,30,32,39-40,44H,5,12,18,26,29,31H2,1-4,6-9H3/b43-30+/t19?,39-,40-,42+/m1/s1. The molecule has 0 bridgehead atoms. The molecular weight excluding hydrogens is 641 g/mol. The van der Waals surface area contributed by atoms with Crippen molar-refractivity contribution in [3.63, 3.8) is 0 Å². The Morgan fingerprint density at radius 1 is 1.02 bits per heavy atom. The molecule has 0 saturated heterocycles. The van der Waals surface area contributed by atoms with Gasteiger partial charge < -0.3 is 4.43 Å². The number of aryl methyl sites for hydroxylation is 1. The highest BCUT2D eigenvalue weighted by atomic mass is 32.2. The maximum Gasteiger partial charge on any atom is 0.276 e. The second-order valence-electron chi connectivity index (χ2n) is 15.2. The number of allylic oxidation sites excluding steroid dienone is 1. The van der Waals surface area contributed by atoms with Gasteiger partial charge in [-0.25, -0.2) is 4.83 Å². The molecule has 0 aromatic heterocycles. The molecule has 5 nitrogen and oxygen atoms in total. The van der Waals surface area contributed by atoms with Crippen LogP contribution in [0, 0.1) is 24.2 Å². The second-order valence-corrected chi connectivity index (χ2v) is 21.1. The summed E-state index contributed by atoms with van der Waals surface area (Å²) in [6.45, 7) is 22.7. The van der Waals surface area contributed by atoms with Gasteiger partial charge in [0.15, 0.2) is 0 Å². The number of benzene rings is 3. The highest BCUT2D eigenvalue weighted by molar-refractivity contribution is 7.89. The van der Waals surface area contributed by atoms with Gasteiger partial charge in [0.1, 0.15) is 0 Å². The molecule has 0 unspecified atom stereocenters. The molecule has 0 radical (unpaired) electrons. The number of unbranched alkanes of at least 4 members (excludes halogenated alkanes) is 1. The predicted molar refractivity (Wildman–Crippen MR) is 208 cm³/mol. The minimum Gasteiger partial charge on any atom is -0.400 e. The third-order valence-electron chi connectivity index (χ3n) is 10.4. The van der Waals surface area contributed by atoms with Crippen LogP contribution in [-0.4, -0.2) is 29.1 Å². The Balaban J connectivity index is 1.67. The lowest BCUT2D eigenvalue weighted by Gasteiger charge is -2.47. The summed E-state index contributed by atoms with van der Waals surface area (Å²) in [7, 11) is -6.56. The topological polar surface area (TPSA) is 67.8 Å². The zero-order chi connectivity index (χ0) is 35.9. The Hall–Kier alpha value is -3.48. The molecule has 3 atom stereocenters. The average Bonchev–Trinajstić information content (AvgIpc) is 3.36. The van der Waals surface area contributed by atoms with E-state index in [4.69, 9.17) is 4.43 Å². The molecule has 3 aromatic carbocycles. The van der Waals surface area contributed by atoms with Gasteiger partial charge in [-0.3, -0.25) is 0 Å². The van der Waals surface area contributed by atoms with Gasteiger partial charge in [0.05, 0.1) is 11.0 Å². The Bertz CT molecular complexity index is 1710. The number of hydrazone groups is 1. The number of nitrogens with one attached hydrogen (secondary N) is 1. The Kier molecular flexibility index (Phi) is 12.5. The molecule has 0 aliphatic heterocycles. The van der Waals surface area contributed by atoms with Gasteiger partial charge in [0.2, 0.25) is 0 Å². The molecule has 0 heterocycles. The zero-order valence-corrected chi connectivity index (χ0v) is 32.6. The zero-order valence-electron chi connectivity index (χ0n) is 30.8. The molecule has 3 aromatic rings. The van der Waals surface area contributed by atoms with Gasteiger partial charge in [0, 0.05) is 6.21 Å². The molecule has 49 heavy (non-hydrogen) atoms. The highest BCUT2D eigenvalue weighted by Gasteiger charge is 2.53. The highest BCUT2D eigenvalue weighted by Crippen LogP contribution is 2.54. The molecule has 1 aliphatic carbocycles. The molecule has 1 N–H and O–H groups in total. The van der Waals surface area contributed by atoms with Crippen LogP contribution in [-0.2, 0) is 14.4 Å². The monoisotopic (exact) mass is 696 g/mol. The van der Waals surface area contributed by atoms with Crippen molar-refractivity contribution in [3.05, 3.63) is 120 Å². The first-order valence-corrected chi connectivity index (χ1v) is 21.0. The van der Waals surface area contributed by atoms with Gasteiger partial charge >= 0.3 is 0 Å². The van der Waals surface area contributed by atoms with Crippen LogP contribution < -0.4 is 15.2 Å². The van der Waals surface area contributed by atoms with Crippen LogP contribution in [0.3, 0.4) is 0 Å². The van der Waals surface area contributed by atoms with E-state index in [9.17, 15) is 8.42 Å². The Labute approximate surface area is 297 Å². The van der Waals surface area contributed by atoms with Crippen LogP contribution in [0.4, 0.5) is 0 Å². The molecule has 262 valence electrons. The molecule has 0 amide bonds. The quantitative estimate of drug-likeness (QED) is 0.0457. The van der Waals surface area contributed by atoms with Crippen molar-refractivity contribution in [2.45, 2.75) is 104 Å². The van der Waals surface area contributed by atoms with Crippen molar-refractivity contribution in [2.75, 3.05) is 0 Å². The third kappa shape index (κ3) is 8.82. The fourth-order valence-corrected chi connectivity index (χ4v) is 13.1. The molecule has 1 saturated carbocycles.